The van der Waals surface area contributed by atoms with Gasteiger partial charge in [-0.15, -0.1) is 0 Å². The van der Waals surface area contributed by atoms with Crippen LogP contribution in [0.1, 0.15) is 45.7 Å². The number of hydrogen-bond donors (Lipinski definition) is 1. The Bertz CT molecular complexity index is 397. The summed E-state index contributed by atoms with van der Waals surface area (Å²) in [5, 5.41) is 0. The molecule has 1 aromatic rings. The molecule has 2 heterocycles. The van der Waals surface area contributed by atoms with Crippen molar-refractivity contribution < 1.29 is 0 Å². The highest BCUT2D eigenvalue weighted by atomic mass is 15.3. The van der Waals surface area contributed by atoms with E-state index in [1.165, 1.54) is 25.0 Å². The second-order valence-electron chi connectivity index (χ2n) is 5.79. The molecule has 4 nitrogen and oxygen atoms in total. The summed E-state index contributed by atoms with van der Waals surface area (Å²) in [6.07, 6.45) is 6.87. The van der Waals surface area contributed by atoms with Crippen LogP contribution in [-0.2, 0) is 13.0 Å². The first-order valence-electron chi connectivity index (χ1n) is 7.72. The van der Waals surface area contributed by atoms with E-state index in [4.69, 9.17) is 10.7 Å². The molecule has 4 heteroatoms. The summed E-state index contributed by atoms with van der Waals surface area (Å²) in [5.41, 5.74) is 7.24. The van der Waals surface area contributed by atoms with Crippen LogP contribution in [0, 0.1) is 5.92 Å². The molecule has 1 fully saturated rings. The quantitative estimate of drug-likeness (QED) is 0.858. The van der Waals surface area contributed by atoms with Gasteiger partial charge in [0.15, 0.2) is 0 Å². The lowest BCUT2D eigenvalue weighted by Crippen LogP contribution is -2.30. The molecule has 0 amide bonds. The van der Waals surface area contributed by atoms with Crippen LogP contribution in [0.3, 0.4) is 0 Å². The van der Waals surface area contributed by atoms with Gasteiger partial charge in [0.2, 0.25) is 5.95 Å². The summed E-state index contributed by atoms with van der Waals surface area (Å²) in [4.78, 5) is 7.22. The Morgan fingerprint density at radius 1 is 1.47 bits per heavy atom. The van der Waals surface area contributed by atoms with Gasteiger partial charge in [0, 0.05) is 31.9 Å². The summed E-state index contributed by atoms with van der Waals surface area (Å²) < 4.78 is 2.34. The number of anilines is 1. The van der Waals surface area contributed by atoms with Crippen molar-refractivity contribution in [3.8, 4) is 0 Å². The summed E-state index contributed by atoms with van der Waals surface area (Å²) in [6.45, 7) is 9.76. The third kappa shape index (κ3) is 3.30. The monoisotopic (exact) mass is 264 g/mol. The molecule has 1 aliphatic rings. The van der Waals surface area contributed by atoms with Crippen LogP contribution in [0.25, 0.3) is 0 Å². The minimum Gasteiger partial charge on any atom is -0.342 e. The van der Waals surface area contributed by atoms with Crippen molar-refractivity contribution in [2.75, 3.05) is 18.0 Å². The fourth-order valence-corrected chi connectivity index (χ4v) is 2.77. The Morgan fingerprint density at radius 2 is 2.26 bits per heavy atom. The number of aromatic nitrogens is 2. The Balaban J connectivity index is 2.12. The van der Waals surface area contributed by atoms with Gasteiger partial charge in [-0.1, -0.05) is 20.3 Å². The van der Waals surface area contributed by atoms with Gasteiger partial charge in [-0.25, -0.2) is 4.98 Å². The molecular formula is C15H28N4. The predicted molar refractivity (Wildman–Crippen MR) is 80.5 cm³/mol. The molecule has 2 atom stereocenters. The van der Waals surface area contributed by atoms with Gasteiger partial charge >= 0.3 is 0 Å². The maximum Gasteiger partial charge on any atom is 0.205 e. The molecule has 2 N–H and O–H groups in total. The molecule has 19 heavy (non-hydrogen) atoms. The Kier molecular flexibility index (Phi) is 4.86. The molecule has 108 valence electrons. The number of aryl methyl sites for hydroxylation is 2. The van der Waals surface area contributed by atoms with E-state index < -0.39 is 0 Å². The summed E-state index contributed by atoms with van der Waals surface area (Å²) in [7, 11) is 0. The average molecular weight is 264 g/mol. The van der Waals surface area contributed by atoms with Gasteiger partial charge in [0.1, 0.15) is 0 Å². The van der Waals surface area contributed by atoms with Crippen LogP contribution in [0.4, 0.5) is 5.95 Å². The number of unbranched alkanes of at least 4 members (excludes halogenated alkanes) is 1. The topological polar surface area (TPSA) is 47.1 Å². The molecule has 0 aliphatic carbocycles. The van der Waals surface area contributed by atoms with Crippen LogP contribution < -0.4 is 10.6 Å². The van der Waals surface area contributed by atoms with Gasteiger partial charge in [0.25, 0.3) is 0 Å². The largest absolute Gasteiger partial charge is 0.342 e. The van der Waals surface area contributed by atoms with E-state index in [1.807, 2.05) is 0 Å². The highest BCUT2D eigenvalue weighted by molar-refractivity contribution is 5.35. The van der Waals surface area contributed by atoms with Crippen molar-refractivity contribution in [1.29, 1.82) is 0 Å². The summed E-state index contributed by atoms with van der Waals surface area (Å²) in [6, 6.07) is 0.287. The fraction of sp³-hybridized carbons (Fsp3) is 0.800. The lowest BCUT2D eigenvalue weighted by molar-refractivity contribution is 0.487. The molecule has 2 rings (SSSR count). The van der Waals surface area contributed by atoms with Crippen LogP contribution in [-0.4, -0.2) is 28.7 Å². The number of nitrogens with two attached hydrogens (primary N) is 1. The molecule has 0 saturated carbocycles. The minimum atomic E-state index is 0.287. The van der Waals surface area contributed by atoms with Gasteiger partial charge < -0.3 is 15.2 Å². The van der Waals surface area contributed by atoms with Crippen molar-refractivity contribution in [1.82, 2.24) is 9.55 Å². The van der Waals surface area contributed by atoms with Crippen molar-refractivity contribution in [3.63, 3.8) is 0 Å². The average Bonchev–Trinajstić information content (AvgIpc) is 3.02. The fourth-order valence-electron chi connectivity index (χ4n) is 2.77. The third-order valence-electron chi connectivity index (χ3n) is 4.17. The number of imidazole rings is 1. The second-order valence-corrected chi connectivity index (χ2v) is 5.79. The molecule has 1 aromatic heterocycles. The molecule has 1 aliphatic heterocycles. The van der Waals surface area contributed by atoms with Crippen molar-refractivity contribution in [2.45, 2.75) is 59.0 Å². The Morgan fingerprint density at radius 3 is 2.84 bits per heavy atom. The zero-order valence-electron chi connectivity index (χ0n) is 12.6. The maximum absolute atomic E-state index is 6.03. The molecule has 2 unspecified atom stereocenters. The zero-order chi connectivity index (χ0) is 13.8. The van der Waals surface area contributed by atoms with Crippen molar-refractivity contribution >= 4 is 5.95 Å². The normalized spacial score (nSPS) is 21.1. The van der Waals surface area contributed by atoms with Gasteiger partial charge in [-0.3, -0.25) is 0 Å². The van der Waals surface area contributed by atoms with E-state index in [2.05, 4.69) is 36.4 Å². The van der Waals surface area contributed by atoms with Crippen molar-refractivity contribution in [3.05, 3.63) is 11.9 Å². The molecule has 1 saturated heterocycles. The van der Waals surface area contributed by atoms with E-state index in [1.54, 1.807) is 0 Å². The van der Waals surface area contributed by atoms with Crippen LogP contribution >= 0.6 is 0 Å². The summed E-state index contributed by atoms with van der Waals surface area (Å²) >= 11 is 0. The van der Waals surface area contributed by atoms with Crippen LogP contribution in [0.2, 0.25) is 0 Å². The Hall–Kier alpha value is -1.03. The second kappa shape index (κ2) is 6.42. The molecular weight excluding hydrogens is 236 g/mol. The number of rotatable bonds is 6. The maximum atomic E-state index is 6.03. The van der Waals surface area contributed by atoms with E-state index in [-0.39, 0.29) is 6.04 Å². The molecule has 0 spiro atoms. The van der Waals surface area contributed by atoms with Crippen LogP contribution in [0.5, 0.6) is 0 Å². The lowest BCUT2D eigenvalue weighted by Gasteiger charge is -2.20. The molecule has 0 bridgehead atoms. The highest BCUT2D eigenvalue weighted by Gasteiger charge is 2.27. The van der Waals surface area contributed by atoms with E-state index >= 15 is 0 Å². The van der Waals surface area contributed by atoms with Crippen molar-refractivity contribution in [2.24, 2.45) is 11.7 Å². The Labute approximate surface area is 117 Å². The standard InChI is InChI=1S/C15H28N4/c1-4-6-8-18-11-14(5-2)17-15(18)19-9-7-13(10-19)12(3)16/h11-13H,4-10,16H2,1-3H3. The zero-order valence-corrected chi connectivity index (χ0v) is 12.6. The van der Waals surface area contributed by atoms with E-state index in [9.17, 15) is 0 Å². The first-order valence-corrected chi connectivity index (χ1v) is 7.72. The molecule has 0 radical (unpaired) electrons. The third-order valence-corrected chi connectivity index (χ3v) is 4.17. The number of nitrogens with zero attached hydrogens (tertiary/aromatic N) is 3. The van der Waals surface area contributed by atoms with E-state index in [0.717, 1.165) is 32.0 Å². The van der Waals surface area contributed by atoms with E-state index in [0.29, 0.717) is 5.92 Å². The van der Waals surface area contributed by atoms with Gasteiger partial charge in [0.05, 0.1) is 5.69 Å². The highest BCUT2D eigenvalue weighted by Crippen LogP contribution is 2.25. The minimum absolute atomic E-state index is 0.287. The first-order chi connectivity index (χ1) is 9.15. The van der Waals surface area contributed by atoms with Gasteiger partial charge in [-0.2, -0.15) is 0 Å². The van der Waals surface area contributed by atoms with Gasteiger partial charge in [-0.05, 0) is 32.1 Å². The predicted octanol–water partition coefficient (Wildman–Crippen LogP) is 2.42. The SMILES string of the molecule is CCCCn1cc(CC)nc1N1CCC(C(C)N)C1. The number of hydrogen-bond acceptors (Lipinski definition) is 3. The van der Waals surface area contributed by atoms with Crippen LogP contribution in [0.15, 0.2) is 6.20 Å². The molecule has 0 aromatic carbocycles. The lowest BCUT2D eigenvalue weighted by atomic mass is 10.0. The first kappa shape index (κ1) is 14.4. The smallest absolute Gasteiger partial charge is 0.205 e. The summed E-state index contributed by atoms with van der Waals surface area (Å²) in [5.74, 6) is 1.77.